The molecule has 0 radical (unpaired) electrons. The number of nitrogens with zero attached hydrogens (tertiary/aromatic N) is 1. The summed E-state index contributed by atoms with van der Waals surface area (Å²) in [5, 5.41) is 12.6. The fourth-order valence-corrected chi connectivity index (χ4v) is 2.59. The summed E-state index contributed by atoms with van der Waals surface area (Å²) in [6.07, 6.45) is 1.54. The van der Waals surface area contributed by atoms with E-state index < -0.39 is 5.97 Å². The smallest absolute Gasteiger partial charge is 0.335 e. The third kappa shape index (κ3) is 3.43. The van der Waals surface area contributed by atoms with Crippen molar-refractivity contribution in [3.63, 3.8) is 0 Å². The number of rotatable bonds is 5. The van der Waals surface area contributed by atoms with Crippen LogP contribution >= 0.6 is 11.3 Å². The molecule has 2 aromatic rings. The number of carboxylic acid groups (broad SMARTS) is 1. The van der Waals surface area contributed by atoms with Crippen molar-refractivity contribution in [2.75, 3.05) is 12.4 Å². The van der Waals surface area contributed by atoms with E-state index >= 15 is 0 Å². The lowest BCUT2D eigenvalue weighted by molar-refractivity contribution is 0.0696. The maximum atomic E-state index is 12.2. The number of aromatic nitrogens is 1. The number of carboxylic acids is 1. The minimum atomic E-state index is -1.06. The van der Waals surface area contributed by atoms with Crippen molar-refractivity contribution < 1.29 is 19.4 Å². The van der Waals surface area contributed by atoms with Crippen molar-refractivity contribution in [3.8, 4) is 5.75 Å². The second kappa shape index (κ2) is 6.57. The van der Waals surface area contributed by atoms with Gasteiger partial charge in [-0.2, -0.15) is 0 Å². The normalized spacial score (nSPS) is 10.5. The molecule has 22 heavy (non-hydrogen) atoms. The molecule has 0 fully saturated rings. The van der Waals surface area contributed by atoms with Crippen LogP contribution in [0.1, 0.15) is 44.8 Å². The number of methoxy groups -OCH3 is 1. The second-order valence-electron chi connectivity index (χ2n) is 4.89. The zero-order valence-electron chi connectivity index (χ0n) is 12.4. The van der Waals surface area contributed by atoms with Crippen LogP contribution in [0.4, 0.5) is 5.69 Å². The Kier molecular flexibility index (Phi) is 4.77. The predicted molar refractivity (Wildman–Crippen MR) is 84.1 cm³/mol. The van der Waals surface area contributed by atoms with Gasteiger partial charge >= 0.3 is 5.97 Å². The SMILES string of the molecule is COc1cc(C(=O)O)ccc1NC(=O)c1cnc(C(C)C)s1. The first-order valence-electron chi connectivity index (χ1n) is 6.60. The molecule has 1 aromatic carbocycles. The van der Waals surface area contributed by atoms with Gasteiger partial charge in [0.25, 0.3) is 5.91 Å². The number of hydrogen-bond acceptors (Lipinski definition) is 5. The lowest BCUT2D eigenvalue weighted by Crippen LogP contribution is -2.11. The summed E-state index contributed by atoms with van der Waals surface area (Å²) in [7, 11) is 1.42. The number of carbonyl (C=O) groups is 2. The van der Waals surface area contributed by atoms with E-state index in [2.05, 4.69) is 10.3 Å². The number of aromatic carboxylic acids is 1. The quantitative estimate of drug-likeness (QED) is 0.883. The van der Waals surface area contributed by atoms with E-state index in [1.165, 1.54) is 42.8 Å². The van der Waals surface area contributed by atoms with Gasteiger partial charge in [-0.25, -0.2) is 9.78 Å². The Morgan fingerprint density at radius 3 is 2.64 bits per heavy atom. The van der Waals surface area contributed by atoms with E-state index in [-0.39, 0.29) is 17.4 Å². The summed E-state index contributed by atoms with van der Waals surface area (Å²) in [6.45, 7) is 4.02. The Morgan fingerprint density at radius 2 is 2.09 bits per heavy atom. The molecule has 0 atom stereocenters. The summed E-state index contributed by atoms with van der Waals surface area (Å²) in [5.74, 6) is -0.802. The molecule has 0 aliphatic heterocycles. The van der Waals surface area contributed by atoms with Gasteiger partial charge in [-0.15, -0.1) is 11.3 Å². The molecule has 6 nitrogen and oxygen atoms in total. The largest absolute Gasteiger partial charge is 0.495 e. The van der Waals surface area contributed by atoms with Gasteiger partial charge < -0.3 is 15.2 Å². The molecule has 0 aliphatic carbocycles. The Balaban J connectivity index is 2.22. The Hall–Kier alpha value is -2.41. The third-order valence-corrected chi connectivity index (χ3v) is 4.23. The van der Waals surface area contributed by atoms with Gasteiger partial charge in [-0.3, -0.25) is 4.79 Å². The predicted octanol–water partition coefficient (Wildman–Crippen LogP) is 3.23. The molecule has 7 heteroatoms. The van der Waals surface area contributed by atoms with Crippen molar-refractivity contribution in [2.24, 2.45) is 0 Å². The lowest BCUT2D eigenvalue weighted by Gasteiger charge is -2.10. The van der Waals surface area contributed by atoms with Gasteiger partial charge in [0.15, 0.2) is 0 Å². The highest BCUT2D eigenvalue weighted by atomic mass is 32.1. The van der Waals surface area contributed by atoms with E-state index in [1.54, 1.807) is 0 Å². The van der Waals surface area contributed by atoms with E-state index in [4.69, 9.17) is 9.84 Å². The van der Waals surface area contributed by atoms with Crippen LogP contribution in [0.25, 0.3) is 0 Å². The first-order valence-corrected chi connectivity index (χ1v) is 7.42. The number of nitrogens with one attached hydrogen (secondary N) is 1. The molecule has 0 aliphatic rings. The topological polar surface area (TPSA) is 88.5 Å². The number of thiazole rings is 1. The average Bonchev–Trinajstić information content (AvgIpc) is 2.97. The van der Waals surface area contributed by atoms with Crippen LogP contribution in [0.3, 0.4) is 0 Å². The maximum Gasteiger partial charge on any atom is 0.335 e. The molecule has 2 rings (SSSR count). The van der Waals surface area contributed by atoms with Crippen LogP contribution in [-0.4, -0.2) is 29.1 Å². The fraction of sp³-hybridized carbons (Fsp3) is 0.267. The Labute approximate surface area is 131 Å². The average molecular weight is 320 g/mol. The van der Waals surface area contributed by atoms with Crippen molar-refractivity contribution in [1.82, 2.24) is 4.98 Å². The molecule has 0 saturated carbocycles. The van der Waals surface area contributed by atoms with E-state index in [1.807, 2.05) is 13.8 Å². The highest BCUT2D eigenvalue weighted by Crippen LogP contribution is 2.27. The second-order valence-corrected chi connectivity index (χ2v) is 5.95. The number of carbonyl (C=O) groups excluding carboxylic acids is 1. The van der Waals surface area contributed by atoms with Crippen LogP contribution in [0, 0.1) is 0 Å². The minimum absolute atomic E-state index is 0.0923. The van der Waals surface area contributed by atoms with E-state index in [9.17, 15) is 9.59 Å². The molecule has 2 N–H and O–H groups in total. The summed E-state index contributed by atoms with van der Waals surface area (Å²) in [4.78, 5) is 27.9. The zero-order chi connectivity index (χ0) is 16.3. The van der Waals surface area contributed by atoms with Crippen LogP contribution in [0.15, 0.2) is 24.4 Å². The van der Waals surface area contributed by atoms with Gasteiger partial charge in [-0.1, -0.05) is 13.8 Å². The molecule has 1 heterocycles. The van der Waals surface area contributed by atoms with Gasteiger partial charge in [-0.05, 0) is 18.2 Å². The van der Waals surface area contributed by atoms with E-state index in [0.717, 1.165) is 5.01 Å². The molecule has 0 saturated heterocycles. The van der Waals surface area contributed by atoms with Gasteiger partial charge in [0.1, 0.15) is 10.6 Å². The first kappa shape index (κ1) is 16.0. The summed E-state index contributed by atoms with van der Waals surface area (Å²) < 4.78 is 5.13. The highest BCUT2D eigenvalue weighted by molar-refractivity contribution is 7.13. The number of ether oxygens (including phenoxy) is 1. The van der Waals surface area contributed by atoms with Crippen LogP contribution in [0.2, 0.25) is 0 Å². The minimum Gasteiger partial charge on any atom is -0.495 e. The Morgan fingerprint density at radius 1 is 1.36 bits per heavy atom. The fourth-order valence-electron chi connectivity index (χ4n) is 1.77. The van der Waals surface area contributed by atoms with Crippen molar-refractivity contribution >= 4 is 28.9 Å². The standard InChI is InChI=1S/C15H16N2O4S/c1-8(2)14-16-7-12(22-14)13(18)17-10-5-4-9(15(19)20)6-11(10)21-3/h4-8H,1-3H3,(H,17,18)(H,19,20). The zero-order valence-corrected chi connectivity index (χ0v) is 13.2. The Bertz CT molecular complexity index is 709. The van der Waals surface area contributed by atoms with Crippen LogP contribution < -0.4 is 10.1 Å². The summed E-state index contributed by atoms with van der Waals surface area (Å²) >= 11 is 1.33. The number of hydrogen-bond donors (Lipinski definition) is 2. The maximum absolute atomic E-state index is 12.2. The molecule has 0 unspecified atom stereocenters. The van der Waals surface area contributed by atoms with Crippen molar-refractivity contribution in [2.45, 2.75) is 19.8 Å². The monoisotopic (exact) mass is 320 g/mol. The van der Waals surface area contributed by atoms with E-state index in [0.29, 0.717) is 16.3 Å². The van der Waals surface area contributed by atoms with Crippen LogP contribution in [-0.2, 0) is 0 Å². The third-order valence-electron chi connectivity index (χ3n) is 2.94. The highest BCUT2D eigenvalue weighted by Gasteiger charge is 2.15. The number of anilines is 1. The number of benzene rings is 1. The molecule has 116 valence electrons. The molecule has 1 aromatic heterocycles. The molecular formula is C15H16N2O4S. The molecule has 1 amide bonds. The lowest BCUT2D eigenvalue weighted by atomic mass is 10.2. The summed E-state index contributed by atoms with van der Waals surface area (Å²) in [6, 6.07) is 4.28. The van der Waals surface area contributed by atoms with Gasteiger partial charge in [0.2, 0.25) is 0 Å². The summed E-state index contributed by atoms with van der Waals surface area (Å²) in [5.41, 5.74) is 0.506. The number of amides is 1. The van der Waals surface area contributed by atoms with Gasteiger partial charge in [0.05, 0.1) is 29.6 Å². The molecule has 0 bridgehead atoms. The molecular weight excluding hydrogens is 304 g/mol. The van der Waals surface area contributed by atoms with Crippen molar-refractivity contribution in [1.29, 1.82) is 0 Å². The van der Waals surface area contributed by atoms with Crippen molar-refractivity contribution in [3.05, 3.63) is 39.8 Å². The first-order chi connectivity index (χ1) is 10.4. The van der Waals surface area contributed by atoms with Crippen LogP contribution in [0.5, 0.6) is 5.75 Å². The van der Waals surface area contributed by atoms with Gasteiger partial charge in [0, 0.05) is 5.92 Å². The molecule has 0 spiro atoms.